The topological polar surface area (TPSA) is 75.7 Å². The summed E-state index contributed by atoms with van der Waals surface area (Å²) in [6, 6.07) is 9.23. The van der Waals surface area contributed by atoms with E-state index >= 15 is 0 Å². The molecule has 0 radical (unpaired) electrons. The molecule has 6 nitrogen and oxygen atoms in total. The van der Waals surface area contributed by atoms with Gasteiger partial charge in [0.1, 0.15) is 0 Å². The molecular weight excluding hydrogens is 583 g/mol. The molecule has 2 aromatic carbocycles. The summed E-state index contributed by atoms with van der Waals surface area (Å²) in [6.45, 7) is 14.9. The lowest BCUT2D eigenvalue weighted by Gasteiger charge is -2.49. The summed E-state index contributed by atoms with van der Waals surface area (Å²) in [7, 11) is 0. The van der Waals surface area contributed by atoms with E-state index in [0.717, 1.165) is 35.4 Å². The maximum atomic E-state index is 13.9. The SMILES string of the molecule is CCN1C2=C(C(=O)CC(C)(C)C2)C(c2cc(Cl)c(OCC(=O)Nc3ccc(C)cc3C)c(Cl)c2)C2=C1CC(C)(C)CC2=O. The number of amides is 1. The van der Waals surface area contributed by atoms with Gasteiger partial charge in [-0.1, -0.05) is 68.6 Å². The molecule has 0 atom stereocenters. The molecule has 1 aliphatic heterocycles. The van der Waals surface area contributed by atoms with Crippen LogP contribution >= 0.6 is 23.2 Å². The van der Waals surface area contributed by atoms with Crippen molar-refractivity contribution in [2.75, 3.05) is 18.5 Å². The first-order chi connectivity index (χ1) is 20.1. The third kappa shape index (κ3) is 6.14. The number of Topliss-reactive ketones (excluding diaryl/α,β-unsaturated/α-hetero) is 2. The third-order valence-corrected chi connectivity index (χ3v) is 9.26. The summed E-state index contributed by atoms with van der Waals surface area (Å²) < 4.78 is 5.81. The average molecular weight is 624 g/mol. The number of ketones is 2. The quantitative estimate of drug-likeness (QED) is 0.350. The van der Waals surface area contributed by atoms with Gasteiger partial charge in [0.2, 0.25) is 0 Å². The lowest BCUT2D eigenvalue weighted by Crippen LogP contribution is -2.44. The summed E-state index contributed by atoms with van der Waals surface area (Å²) in [5.74, 6) is -0.615. The summed E-state index contributed by atoms with van der Waals surface area (Å²) in [6.07, 6.45) is 2.28. The number of anilines is 1. The van der Waals surface area contributed by atoms with Crippen LogP contribution in [0.1, 0.15) is 82.9 Å². The summed E-state index contributed by atoms with van der Waals surface area (Å²) >= 11 is 13.5. The molecule has 8 heteroatoms. The van der Waals surface area contributed by atoms with Crippen LogP contribution in [0.15, 0.2) is 52.9 Å². The molecule has 1 amide bonds. The van der Waals surface area contributed by atoms with Gasteiger partial charge in [0, 0.05) is 53.5 Å². The lowest BCUT2D eigenvalue weighted by atomic mass is 9.63. The second kappa shape index (κ2) is 11.4. The fourth-order valence-corrected chi connectivity index (χ4v) is 7.54. The Morgan fingerprint density at radius 3 is 1.93 bits per heavy atom. The van der Waals surface area contributed by atoms with Crippen molar-refractivity contribution in [3.8, 4) is 5.75 Å². The lowest BCUT2D eigenvalue weighted by molar-refractivity contribution is -0.120. The van der Waals surface area contributed by atoms with E-state index in [1.807, 2.05) is 32.0 Å². The van der Waals surface area contributed by atoms with Crippen molar-refractivity contribution in [1.29, 1.82) is 0 Å². The van der Waals surface area contributed by atoms with Crippen LogP contribution in [0, 0.1) is 24.7 Å². The molecule has 1 N–H and O–H groups in total. The number of benzene rings is 2. The van der Waals surface area contributed by atoms with E-state index in [4.69, 9.17) is 27.9 Å². The van der Waals surface area contributed by atoms with Gasteiger partial charge >= 0.3 is 0 Å². The van der Waals surface area contributed by atoms with Crippen LogP contribution in [0.5, 0.6) is 5.75 Å². The highest BCUT2D eigenvalue weighted by molar-refractivity contribution is 6.37. The Bertz CT molecular complexity index is 1520. The molecule has 0 bridgehead atoms. The van der Waals surface area contributed by atoms with Gasteiger partial charge in [0.05, 0.1) is 10.0 Å². The second-order valence-electron chi connectivity index (χ2n) is 13.7. The number of ether oxygens (including phenoxy) is 1. The Morgan fingerprint density at radius 1 is 0.907 bits per heavy atom. The van der Waals surface area contributed by atoms with Gasteiger partial charge < -0.3 is 15.0 Å². The van der Waals surface area contributed by atoms with Gasteiger partial charge in [-0.3, -0.25) is 14.4 Å². The number of carbonyl (C=O) groups excluding carboxylic acids is 3. The minimum Gasteiger partial charge on any atom is -0.481 e. The number of allylic oxidation sites excluding steroid dienone is 4. The molecule has 0 saturated carbocycles. The molecule has 228 valence electrons. The van der Waals surface area contributed by atoms with Crippen molar-refractivity contribution >= 4 is 46.4 Å². The van der Waals surface area contributed by atoms with Crippen LogP contribution in [-0.4, -0.2) is 35.5 Å². The molecule has 2 aliphatic carbocycles. The molecule has 5 rings (SSSR count). The van der Waals surface area contributed by atoms with Gasteiger partial charge in [0.15, 0.2) is 23.9 Å². The Hall–Kier alpha value is -3.09. The number of hydrogen-bond donors (Lipinski definition) is 1. The van der Waals surface area contributed by atoms with Gasteiger partial charge in [-0.15, -0.1) is 0 Å². The molecule has 0 saturated heterocycles. The smallest absolute Gasteiger partial charge is 0.262 e. The van der Waals surface area contributed by atoms with Crippen LogP contribution in [0.25, 0.3) is 0 Å². The van der Waals surface area contributed by atoms with E-state index in [1.54, 1.807) is 12.1 Å². The van der Waals surface area contributed by atoms with Crippen molar-refractivity contribution < 1.29 is 19.1 Å². The summed E-state index contributed by atoms with van der Waals surface area (Å²) in [5, 5.41) is 3.30. The highest BCUT2D eigenvalue weighted by Gasteiger charge is 2.48. The zero-order valence-electron chi connectivity index (χ0n) is 26.0. The first-order valence-corrected chi connectivity index (χ1v) is 15.7. The predicted octanol–water partition coefficient (Wildman–Crippen LogP) is 8.33. The minimum atomic E-state index is -0.558. The first kappa shape index (κ1) is 31.3. The molecule has 0 fully saturated rings. The Morgan fingerprint density at radius 2 is 1.44 bits per heavy atom. The van der Waals surface area contributed by atoms with E-state index < -0.39 is 5.92 Å². The predicted molar refractivity (Wildman–Crippen MR) is 172 cm³/mol. The van der Waals surface area contributed by atoms with Crippen LogP contribution in [0.2, 0.25) is 10.0 Å². The number of hydrogen-bond acceptors (Lipinski definition) is 5. The number of aryl methyl sites for hydroxylation is 2. The number of carbonyl (C=O) groups is 3. The first-order valence-electron chi connectivity index (χ1n) is 14.9. The molecule has 0 aromatic heterocycles. The zero-order valence-corrected chi connectivity index (χ0v) is 27.6. The number of nitrogens with zero attached hydrogens (tertiary/aromatic N) is 1. The largest absolute Gasteiger partial charge is 0.481 e. The van der Waals surface area contributed by atoms with Crippen molar-refractivity contribution in [3.63, 3.8) is 0 Å². The van der Waals surface area contributed by atoms with E-state index in [2.05, 4.69) is 44.8 Å². The maximum absolute atomic E-state index is 13.9. The highest BCUT2D eigenvalue weighted by atomic mass is 35.5. The fourth-order valence-electron chi connectivity index (χ4n) is 6.92. The Balaban J connectivity index is 1.51. The summed E-state index contributed by atoms with van der Waals surface area (Å²) in [4.78, 5) is 42.6. The van der Waals surface area contributed by atoms with Crippen molar-refractivity contribution in [2.24, 2.45) is 10.8 Å². The van der Waals surface area contributed by atoms with Crippen molar-refractivity contribution in [2.45, 2.75) is 80.1 Å². The molecular formula is C35H40Cl2N2O4. The normalized spacial score (nSPS) is 19.8. The summed E-state index contributed by atoms with van der Waals surface area (Å²) in [5.41, 5.74) is 6.39. The molecule has 43 heavy (non-hydrogen) atoms. The fraction of sp³-hybridized carbons (Fsp3) is 0.457. The second-order valence-corrected chi connectivity index (χ2v) is 14.6. The Labute approximate surface area is 264 Å². The van der Waals surface area contributed by atoms with Gasteiger partial charge in [0.25, 0.3) is 5.91 Å². The van der Waals surface area contributed by atoms with E-state index in [1.165, 1.54) is 0 Å². The average Bonchev–Trinajstić information content (AvgIpc) is 2.87. The Kier molecular flexibility index (Phi) is 8.34. The van der Waals surface area contributed by atoms with Crippen molar-refractivity contribution in [1.82, 2.24) is 4.90 Å². The zero-order chi connectivity index (χ0) is 31.4. The van der Waals surface area contributed by atoms with Gasteiger partial charge in [-0.2, -0.15) is 0 Å². The third-order valence-electron chi connectivity index (χ3n) is 8.70. The molecule has 0 spiro atoms. The van der Waals surface area contributed by atoms with Crippen LogP contribution in [-0.2, 0) is 14.4 Å². The maximum Gasteiger partial charge on any atom is 0.262 e. The van der Waals surface area contributed by atoms with Gasteiger partial charge in [-0.25, -0.2) is 0 Å². The van der Waals surface area contributed by atoms with Crippen molar-refractivity contribution in [3.05, 3.63) is 79.6 Å². The molecule has 0 unspecified atom stereocenters. The van der Waals surface area contributed by atoms with Crippen LogP contribution in [0.4, 0.5) is 5.69 Å². The molecule has 3 aliphatic rings. The highest BCUT2D eigenvalue weighted by Crippen LogP contribution is 2.55. The number of rotatable bonds is 6. The number of halogens is 2. The van der Waals surface area contributed by atoms with E-state index in [0.29, 0.717) is 41.8 Å². The van der Waals surface area contributed by atoms with E-state index in [9.17, 15) is 14.4 Å². The molecule has 1 heterocycles. The van der Waals surface area contributed by atoms with Gasteiger partial charge in [-0.05, 0) is 73.8 Å². The van der Waals surface area contributed by atoms with Crippen LogP contribution in [0.3, 0.4) is 0 Å². The number of nitrogens with one attached hydrogen (secondary N) is 1. The monoisotopic (exact) mass is 622 g/mol. The van der Waals surface area contributed by atoms with E-state index in [-0.39, 0.29) is 50.7 Å². The minimum absolute atomic E-state index is 0.0505. The standard InChI is InChI=1S/C35H40Cl2N2O4/c1-8-39-25-14-34(4,5)16-27(40)31(25)30(32-26(39)15-35(6,7)17-28(32)41)21-12-22(36)33(23(37)13-21)43-18-29(42)38-24-10-9-19(2)11-20(24)3/h9-13,30H,8,14-18H2,1-7H3,(H,38,42). The van der Waals surface area contributed by atoms with Crippen LogP contribution < -0.4 is 10.1 Å². The molecule has 2 aromatic rings.